The van der Waals surface area contributed by atoms with Crippen molar-refractivity contribution in [3.63, 3.8) is 0 Å². The average Bonchev–Trinajstić information content (AvgIpc) is 3.16. The number of rotatable bonds is 5. The topological polar surface area (TPSA) is 68.9 Å². The molecule has 2 aromatic rings. The van der Waals surface area contributed by atoms with Gasteiger partial charge in [-0.05, 0) is 18.1 Å². The van der Waals surface area contributed by atoms with E-state index < -0.39 is 0 Å². The van der Waals surface area contributed by atoms with Gasteiger partial charge in [-0.3, -0.25) is 14.5 Å². The summed E-state index contributed by atoms with van der Waals surface area (Å²) in [7, 11) is 0. The maximum Gasteiger partial charge on any atom is 0.236 e. The molecular weight excluding hydrogens is 356 g/mol. The summed E-state index contributed by atoms with van der Waals surface area (Å²) >= 11 is 0. The smallest absolute Gasteiger partial charge is 0.236 e. The summed E-state index contributed by atoms with van der Waals surface area (Å²) in [6.07, 6.45) is 3.28. The first-order valence-electron chi connectivity index (χ1n) is 10.1. The molecule has 3 heterocycles. The number of nitrogens with zero attached hydrogens (tertiary/aromatic N) is 3. The molecule has 0 atom stereocenters. The molecule has 1 N–H and O–H groups in total. The molecule has 2 fully saturated rings. The van der Waals surface area contributed by atoms with Gasteiger partial charge in [0.2, 0.25) is 11.8 Å². The van der Waals surface area contributed by atoms with Crippen LogP contribution >= 0.6 is 0 Å². The Morgan fingerprint density at radius 3 is 2.43 bits per heavy atom. The predicted molar refractivity (Wildman–Crippen MR) is 107 cm³/mol. The zero-order valence-corrected chi connectivity index (χ0v) is 16.2. The third-order valence-corrected chi connectivity index (χ3v) is 5.73. The molecule has 4 rings (SSSR count). The van der Waals surface area contributed by atoms with Crippen LogP contribution in [0.1, 0.15) is 12.0 Å². The van der Waals surface area contributed by atoms with Crippen molar-refractivity contribution in [2.45, 2.75) is 12.8 Å². The lowest BCUT2D eigenvalue weighted by Crippen LogP contribution is -2.52. The number of nitrogens with one attached hydrogen (secondary N) is 1. The van der Waals surface area contributed by atoms with E-state index in [9.17, 15) is 9.59 Å². The van der Waals surface area contributed by atoms with Crippen LogP contribution in [0.25, 0.3) is 10.9 Å². The number of ether oxygens (including phenoxy) is 1. The van der Waals surface area contributed by atoms with Gasteiger partial charge in [-0.2, -0.15) is 0 Å². The van der Waals surface area contributed by atoms with E-state index in [-0.39, 0.29) is 11.8 Å². The van der Waals surface area contributed by atoms with Crippen molar-refractivity contribution >= 4 is 22.7 Å². The number of benzene rings is 1. The second-order valence-electron chi connectivity index (χ2n) is 7.51. The first-order chi connectivity index (χ1) is 13.7. The van der Waals surface area contributed by atoms with E-state index in [4.69, 9.17) is 4.74 Å². The molecule has 7 nitrogen and oxygen atoms in total. The molecule has 0 radical (unpaired) electrons. The number of aromatic amines is 1. The van der Waals surface area contributed by atoms with Crippen LogP contribution in [-0.2, 0) is 20.7 Å². The van der Waals surface area contributed by atoms with Crippen LogP contribution in [-0.4, -0.2) is 90.5 Å². The standard InChI is InChI=1S/C21H28N4O3/c26-20(6-5-17-15-22-19-4-2-1-3-18(17)19)24-9-7-23(8-10-24)16-21(27)25-11-13-28-14-12-25/h1-4,15,22H,5-14,16H2. The fraction of sp³-hybridized carbons (Fsp3) is 0.524. The Morgan fingerprint density at radius 2 is 1.64 bits per heavy atom. The quantitative estimate of drug-likeness (QED) is 0.838. The second-order valence-corrected chi connectivity index (χ2v) is 7.51. The molecule has 2 aliphatic heterocycles. The fourth-order valence-electron chi connectivity index (χ4n) is 4.00. The minimum absolute atomic E-state index is 0.169. The highest BCUT2D eigenvalue weighted by molar-refractivity contribution is 5.84. The molecule has 150 valence electrons. The van der Waals surface area contributed by atoms with E-state index in [0.717, 1.165) is 25.0 Å². The van der Waals surface area contributed by atoms with E-state index in [2.05, 4.69) is 22.0 Å². The number of amides is 2. The second kappa shape index (κ2) is 8.75. The van der Waals surface area contributed by atoms with E-state index in [1.54, 1.807) is 0 Å². The first-order valence-corrected chi connectivity index (χ1v) is 10.1. The van der Waals surface area contributed by atoms with Gasteiger partial charge in [-0.1, -0.05) is 18.2 Å². The Labute approximate surface area is 165 Å². The van der Waals surface area contributed by atoms with Crippen LogP contribution in [0.3, 0.4) is 0 Å². The van der Waals surface area contributed by atoms with Gasteiger partial charge in [0, 0.05) is 62.8 Å². The number of H-pyrrole nitrogens is 1. The fourth-order valence-corrected chi connectivity index (χ4v) is 4.00. The largest absolute Gasteiger partial charge is 0.378 e. The Balaban J connectivity index is 1.22. The minimum atomic E-state index is 0.169. The zero-order chi connectivity index (χ0) is 19.3. The van der Waals surface area contributed by atoms with Crippen LogP contribution in [0.4, 0.5) is 0 Å². The van der Waals surface area contributed by atoms with Crippen molar-refractivity contribution < 1.29 is 14.3 Å². The van der Waals surface area contributed by atoms with Crippen LogP contribution in [0.5, 0.6) is 0 Å². The SMILES string of the molecule is O=C(CCc1c[nH]c2ccccc12)N1CCN(CC(=O)N2CCOCC2)CC1. The molecule has 0 bridgehead atoms. The van der Waals surface area contributed by atoms with Gasteiger partial charge in [0.15, 0.2) is 0 Å². The molecule has 2 aliphatic rings. The number of hydrogen-bond acceptors (Lipinski definition) is 4. The molecule has 0 spiro atoms. The highest BCUT2D eigenvalue weighted by Crippen LogP contribution is 2.19. The van der Waals surface area contributed by atoms with Gasteiger partial charge in [0.25, 0.3) is 0 Å². The zero-order valence-electron chi connectivity index (χ0n) is 16.2. The van der Waals surface area contributed by atoms with E-state index in [1.165, 1.54) is 10.9 Å². The summed E-state index contributed by atoms with van der Waals surface area (Å²) in [5.74, 6) is 0.367. The lowest BCUT2D eigenvalue weighted by Gasteiger charge is -2.36. The average molecular weight is 384 g/mol. The number of carbonyl (C=O) groups is 2. The lowest BCUT2D eigenvalue weighted by molar-refractivity contribution is -0.137. The van der Waals surface area contributed by atoms with Gasteiger partial charge in [-0.25, -0.2) is 0 Å². The predicted octanol–water partition coefficient (Wildman–Crippen LogP) is 1.10. The molecular formula is C21H28N4O3. The minimum Gasteiger partial charge on any atom is -0.378 e. The van der Waals surface area contributed by atoms with Gasteiger partial charge >= 0.3 is 0 Å². The summed E-state index contributed by atoms with van der Waals surface area (Å²) < 4.78 is 5.30. The van der Waals surface area contributed by atoms with Crippen LogP contribution in [0.2, 0.25) is 0 Å². The molecule has 2 saturated heterocycles. The Bertz CT molecular complexity index is 820. The number of morpholine rings is 1. The van der Waals surface area contributed by atoms with E-state index in [0.29, 0.717) is 52.4 Å². The number of fused-ring (bicyclic) bond motifs is 1. The van der Waals surface area contributed by atoms with Crippen molar-refractivity contribution in [2.75, 3.05) is 59.0 Å². The van der Waals surface area contributed by atoms with Gasteiger partial charge < -0.3 is 19.5 Å². The summed E-state index contributed by atoms with van der Waals surface area (Å²) in [5.41, 5.74) is 2.31. The molecule has 28 heavy (non-hydrogen) atoms. The van der Waals surface area contributed by atoms with Crippen LogP contribution in [0, 0.1) is 0 Å². The lowest BCUT2D eigenvalue weighted by atomic mass is 10.1. The van der Waals surface area contributed by atoms with Crippen LogP contribution < -0.4 is 0 Å². The molecule has 2 amide bonds. The summed E-state index contributed by atoms with van der Waals surface area (Å²) in [5, 5.41) is 1.20. The van der Waals surface area contributed by atoms with Crippen molar-refractivity contribution in [3.8, 4) is 0 Å². The van der Waals surface area contributed by atoms with E-state index in [1.807, 2.05) is 28.1 Å². The Kier molecular flexibility index (Phi) is 5.92. The molecule has 0 aliphatic carbocycles. The number of piperazine rings is 1. The number of carbonyl (C=O) groups excluding carboxylic acids is 2. The third-order valence-electron chi connectivity index (χ3n) is 5.73. The first kappa shape index (κ1) is 19.0. The van der Waals surface area contributed by atoms with Gasteiger partial charge in [-0.15, -0.1) is 0 Å². The number of para-hydroxylation sites is 1. The van der Waals surface area contributed by atoms with Crippen molar-refractivity contribution in [2.24, 2.45) is 0 Å². The van der Waals surface area contributed by atoms with Crippen molar-refractivity contribution in [3.05, 3.63) is 36.0 Å². The summed E-state index contributed by atoms with van der Waals surface area (Å²) in [4.78, 5) is 34.2. The van der Waals surface area contributed by atoms with Crippen molar-refractivity contribution in [1.82, 2.24) is 19.7 Å². The molecule has 1 aromatic carbocycles. The third kappa shape index (κ3) is 4.36. The molecule has 0 unspecified atom stereocenters. The maximum absolute atomic E-state index is 12.6. The molecule has 7 heteroatoms. The Hall–Kier alpha value is -2.38. The van der Waals surface area contributed by atoms with Gasteiger partial charge in [0.1, 0.15) is 0 Å². The van der Waals surface area contributed by atoms with Gasteiger partial charge in [0.05, 0.1) is 19.8 Å². The van der Waals surface area contributed by atoms with Crippen molar-refractivity contribution in [1.29, 1.82) is 0 Å². The van der Waals surface area contributed by atoms with E-state index >= 15 is 0 Å². The number of hydrogen-bond donors (Lipinski definition) is 1. The Morgan fingerprint density at radius 1 is 0.929 bits per heavy atom. The highest BCUT2D eigenvalue weighted by atomic mass is 16.5. The highest BCUT2D eigenvalue weighted by Gasteiger charge is 2.24. The summed E-state index contributed by atoms with van der Waals surface area (Å²) in [6.45, 7) is 5.98. The maximum atomic E-state index is 12.6. The monoisotopic (exact) mass is 384 g/mol. The molecule has 1 aromatic heterocycles. The normalized spacial score (nSPS) is 18.6. The molecule has 0 saturated carbocycles. The summed E-state index contributed by atoms with van der Waals surface area (Å²) in [6, 6.07) is 8.18. The van der Waals surface area contributed by atoms with Crippen LogP contribution in [0.15, 0.2) is 30.5 Å². The number of aromatic nitrogens is 1. The number of aryl methyl sites for hydroxylation is 1.